The van der Waals surface area contributed by atoms with E-state index in [9.17, 15) is 0 Å². The molecule has 0 heterocycles. The van der Waals surface area contributed by atoms with Crippen LogP contribution in [0.15, 0.2) is 18.2 Å². The minimum atomic E-state index is 0.663. The lowest BCUT2D eigenvalue weighted by Gasteiger charge is -2.17. The Morgan fingerprint density at radius 2 is 1.85 bits per heavy atom. The third kappa shape index (κ3) is 4.41. The quantitative estimate of drug-likeness (QED) is 0.800. The molecule has 0 saturated heterocycles. The molecule has 1 aromatic carbocycles. The maximum Gasteiger partial charge on any atom is 0.161 e. The zero-order valence-corrected chi connectivity index (χ0v) is 12.8. The SMILES string of the molecule is CCOc1ccc(CNC2CCCCCC2)cc1OC. The van der Waals surface area contributed by atoms with Crippen LogP contribution in [0.25, 0.3) is 0 Å². The minimum absolute atomic E-state index is 0.663. The van der Waals surface area contributed by atoms with Crippen LogP contribution in [0, 0.1) is 0 Å². The molecule has 2 rings (SSSR count). The molecule has 1 aliphatic rings. The number of hydrogen-bond acceptors (Lipinski definition) is 3. The summed E-state index contributed by atoms with van der Waals surface area (Å²) in [4.78, 5) is 0. The van der Waals surface area contributed by atoms with Gasteiger partial charge in [0.1, 0.15) is 0 Å². The molecule has 0 unspecified atom stereocenters. The standard InChI is InChI=1S/C17H27NO2/c1-3-20-16-11-10-14(12-17(16)19-2)13-18-15-8-6-4-5-7-9-15/h10-12,15,18H,3-9,13H2,1-2H3. The highest BCUT2D eigenvalue weighted by atomic mass is 16.5. The van der Waals surface area contributed by atoms with E-state index >= 15 is 0 Å². The normalized spacial score (nSPS) is 16.7. The molecule has 1 aliphatic carbocycles. The molecule has 0 aromatic heterocycles. The van der Waals surface area contributed by atoms with Crippen molar-refractivity contribution in [3.8, 4) is 11.5 Å². The van der Waals surface area contributed by atoms with E-state index < -0.39 is 0 Å². The summed E-state index contributed by atoms with van der Waals surface area (Å²) in [5, 5.41) is 3.68. The summed E-state index contributed by atoms with van der Waals surface area (Å²) in [7, 11) is 1.69. The summed E-state index contributed by atoms with van der Waals surface area (Å²) < 4.78 is 10.9. The van der Waals surface area contributed by atoms with Gasteiger partial charge in [0.25, 0.3) is 0 Å². The summed E-state index contributed by atoms with van der Waals surface area (Å²) >= 11 is 0. The highest BCUT2D eigenvalue weighted by molar-refractivity contribution is 5.42. The first-order valence-corrected chi connectivity index (χ1v) is 7.86. The van der Waals surface area contributed by atoms with Crippen molar-refractivity contribution in [2.45, 2.75) is 58.0 Å². The van der Waals surface area contributed by atoms with Crippen LogP contribution < -0.4 is 14.8 Å². The Labute approximate surface area is 122 Å². The highest BCUT2D eigenvalue weighted by Gasteiger charge is 2.12. The molecular weight excluding hydrogens is 250 g/mol. The summed E-state index contributed by atoms with van der Waals surface area (Å²) in [6.45, 7) is 3.56. The van der Waals surface area contributed by atoms with Gasteiger partial charge in [0, 0.05) is 12.6 Å². The van der Waals surface area contributed by atoms with Crippen molar-refractivity contribution in [3.05, 3.63) is 23.8 Å². The van der Waals surface area contributed by atoms with Gasteiger partial charge in [-0.15, -0.1) is 0 Å². The van der Waals surface area contributed by atoms with Gasteiger partial charge in [0.2, 0.25) is 0 Å². The number of benzene rings is 1. The van der Waals surface area contributed by atoms with Crippen LogP contribution in [0.3, 0.4) is 0 Å². The summed E-state index contributed by atoms with van der Waals surface area (Å²) in [6.07, 6.45) is 8.15. The summed E-state index contributed by atoms with van der Waals surface area (Å²) in [6, 6.07) is 6.88. The van der Waals surface area contributed by atoms with Gasteiger partial charge in [-0.25, -0.2) is 0 Å². The van der Waals surface area contributed by atoms with Gasteiger partial charge in [-0.2, -0.15) is 0 Å². The number of nitrogens with one attached hydrogen (secondary N) is 1. The molecule has 3 nitrogen and oxygen atoms in total. The molecule has 3 heteroatoms. The van der Waals surface area contributed by atoms with Crippen molar-refractivity contribution in [2.75, 3.05) is 13.7 Å². The maximum atomic E-state index is 5.55. The van der Waals surface area contributed by atoms with Crippen LogP contribution in [-0.2, 0) is 6.54 Å². The third-order valence-electron chi connectivity index (χ3n) is 3.98. The smallest absolute Gasteiger partial charge is 0.161 e. The molecule has 1 aromatic rings. The molecular formula is C17H27NO2. The molecule has 1 N–H and O–H groups in total. The Morgan fingerprint density at radius 1 is 1.10 bits per heavy atom. The molecule has 1 fully saturated rings. The predicted octanol–water partition coefficient (Wildman–Crippen LogP) is 3.91. The Hall–Kier alpha value is -1.22. The fourth-order valence-corrected chi connectivity index (χ4v) is 2.84. The number of rotatable bonds is 6. The zero-order valence-electron chi connectivity index (χ0n) is 12.8. The third-order valence-corrected chi connectivity index (χ3v) is 3.98. The minimum Gasteiger partial charge on any atom is -0.493 e. The monoisotopic (exact) mass is 277 g/mol. The molecule has 0 spiro atoms. The highest BCUT2D eigenvalue weighted by Crippen LogP contribution is 2.28. The van der Waals surface area contributed by atoms with Crippen LogP contribution in [-0.4, -0.2) is 19.8 Å². The van der Waals surface area contributed by atoms with E-state index in [2.05, 4.69) is 17.4 Å². The van der Waals surface area contributed by atoms with E-state index in [1.807, 2.05) is 13.0 Å². The van der Waals surface area contributed by atoms with Crippen molar-refractivity contribution in [2.24, 2.45) is 0 Å². The van der Waals surface area contributed by atoms with Gasteiger partial charge in [0.05, 0.1) is 13.7 Å². The lowest BCUT2D eigenvalue weighted by Crippen LogP contribution is -2.27. The molecule has 0 atom stereocenters. The first-order valence-electron chi connectivity index (χ1n) is 7.86. The van der Waals surface area contributed by atoms with Crippen molar-refractivity contribution < 1.29 is 9.47 Å². The Balaban J connectivity index is 1.91. The van der Waals surface area contributed by atoms with Gasteiger partial charge >= 0.3 is 0 Å². The van der Waals surface area contributed by atoms with Crippen molar-refractivity contribution in [3.63, 3.8) is 0 Å². The second-order valence-electron chi connectivity index (χ2n) is 5.49. The van der Waals surface area contributed by atoms with E-state index in [1.54, 1.807) is 7.11 Å². The lowest BCUT2D eigenvalue weighted by molar-refractivity contribution is 0.310. The molecule has 1 saturated carbocycles. The summed E-state index contributed by atoms with van der Waals surface area (Å²) in [5.74, 6) is 1.65. The summed E-state index contributed by atoms with van der Waals surface area (Å²) in [5.41, 5.74) is 1.26. The zero-order chi connectivity index (χ0) is 14.2. The Bertz CT molecular complexity index is 398. The van der Waals surface area contributed by atoms with Gasteiger partial charge in [-0.3, -0.25) is 0 Å². The van der Waals surface area contributed by atoms with Crippen molar-refractivity contribution in [1.29, 1.82) is 0 Å². The Morgan fingerprint density at radius 3 is 2.50 bits per heavy atom. The average molecular weight is 277 g/mol. The van der Waals surface area contributed by atoms with E-state index in [4.69, 9.17) is 9.47 Å². The van der Waals surface area contributed by atoms with Crippen molar-refractivity contribution in [1.82, 2.24) is 5.32 Å². The Kier molecular flexibility index (Phi) is 6.19. The average Bonchev–Trinajstić information content (AvgIpc) is 2.75. The maximum absolute atomic E-state index is 5.55. The van der Waals surface area contributed by atoms with E-state index in [0.717, 1.165) is 18.0 Å². The largest absolute Gasteiger partial charge is 0.493 e. The van der Waals surface area contributed by atoms with Crippen molar-refractivity contribution >= 4 is 0 Å². The topological polar surface area (TPSA) is 30.5 Å². The molecule has 0 amide bonds. The molecule has 0 aliphatic heterocycles. The van der Waals surface area contributed by atoms with Gasteiger partial charge in [0.15, 0.2) is 11.5 Å². The number of methoxy groups -OCH3 is 1. The second-order valence-corrected chi connectivity index (χ2v) is 5.49. The van der Waals surface area contributed by atoms with Crippen LogP contribution in [0.2, 0.25) is 0 Å². The number of ether oxygens (including phenoxy) is 2. The predicted molar refractivity (Wildman–Crippen MR) is 82.5 cm³/mol. The van der Waals surface area contributed by atoms with Crippen LogP contribution in [0.4, 0.5) is 0 Å². The van der Waals surface area contributed by atoms with Crippen LogP contribution in [0.1, 0.15) is 51.0 Å². The van der Waals surface area contributed by atoms with Gasteiger partial charge in [-0.05, 0) is 37.5 Å². The van der Waals surface area contributed by atoms with E-state index in [0.29, 0.717) is 12.6 Å². The fourth-order valence-electron chi connectivity index (χ4n) is 2.84. The second kappa shape index (κ2) is 8.15. The molecule has 112 valence electrons. The molecule has 0 bridgehead atoms. The first-order chi connectivity index (χ1) is 9.83. The van der Waals surface area contributed by atoms with E-state index in [-0.39, 0.29) is 0 Å². The van der Waals surface area contributed by atoms with Crippen LogP contribution in [0.5, 0.6) is 11.5 Å². The number of hydrogen-bond donors (Lipinski definition) is 1. The first kappa shape index (κ1) is 15.2. The fraction of sp³-hybridized carbons (Fsp3) is 0.647. The van der Waals surface area contributed by atoms with Gasteiger partial charge < -0.3 is 14.8 Å². The lowest BCUT2D eigenvalue weighted by atomic mass is 10.1. The molecule has 20 heavy (non-hydrogen) atoms. The van der Waals surface area contributed by atoms with Gasteiger partial charge in [-0.1, -0.05) is 31.7 Å². The molecule has 0 radical (unpaired) electrons. The van der Waals surface area contributed by atoms with Crippen LogP contribution >= 0.6 is 0 Å². The van der Waals surface area contributed by atoms with E-state index in [1.165, 1.54) is 44.1 Å².